The topological polar surface area (TPSA) is 65.5 Å². The minimum atomic E-state index is -0.560. The Morgan fingerprint density at radius 2 is 1.50 bits per heavy atom. The van der Waals surface area contributed by atoms with Crippen molar-refractivity contribution < 1.29 is 23.5 Å². The van der Waals surface area contributed by atoms with Crippen molar-refractivity contribution >= 4 is 23.5 Å². The van der Waals surface area contributed by atoms with E-state index in [4.69, 9.17) is 26.1 Å². The number of aromatic nitrogens is 1. The van der Waals surface area contributed by atoms with Crippen LogP contribution in [0.3, 0.4) is 0 Å². The molecule has 158 valence electrons. The van der Waals surface area contributed by atoms with Gasteiger partial charge in [0.25, 0.3) is 0 Å². The summed E-state index contributed by atoms with van der Waals surface area (Å²) in [7, 11) is 0. The Bertz CT molecular complexity index is 962. The van der Waals surface area contributed by atoms with E-state index in [0.717, 1.165) is 25.7 Å². The molecule has 2 aliphatic rings. The number of ether oxygens (including phenoxy) is 2. The smallest absolute Gasteiger partial charge is 0.340 e. The molecule has 0 saturated heterocycles. The SMILES string of the molecule is CCOC(=O)c1c(C2CC2)nc(C2CC2)c(C(=O)OCC)c1-c1ccc(F)cc1Cl. The Morgan fingerprint density at radius 1 is 1.00 bits per heavy atom. The van der Waals surface area contributed by atoms with Gasteiger partial charge in [-0.2, -0.15) is 0 Å². The number of rotatable bonds is 7. The van der Waals surface area contributed by atoms with Crippen molar-refractivity contribution in [3.8, 4) is 11.1 Å². The molecule has 2 aliphatic carbocycles. The average molecular weight is 432 g/mol. The van der Waals surface area contributed by atoms with E-state index in [1.807, 2.05) is 0 Å². The molecular weight excluding hydrogens is 409 g/mol. The van der Waals surface area contributed by atoms with E-state index < -0.39 is 17.8 Å². The second kappa shape index (κ2) is 8.34. The van der Waals surface area contributed by atoms with Crippen LogP contribution in [-0.2, 0) is 9.47 Å². The van der Waals surface area contributed by atoms with Crippen LogP contribution < -0.4 is 0 Å². The molecule has 2 saturated carbocycles. The van der Waals surface area contributed by atoms with Crippen molar-refractivity contribution in [3.05, 3.63) is 51.6 Å². The first-order valence-electron chi connectivity index (χ1n) is 10.3. The maximum atomic E-state index is 13.8. The number of carbonyl (C=O) groups excluding carboxylic acids is 2. The summed E-state index contributed by atoms with van der Waals surface area (Å²) in [6.45, 7) is 3.80. The van der Waals surface area contributed by atoms with Crippen LogP contribution >= 0.6 is 11.6 Å². The third-order valence-electron chi connectivity index (χ3n) is 5.34. The highest BCUT2D eigenvalue weighted by Gasteiger charge is 2.40. The van der Waals surface area contributed by atoms with E-state index in [1.165, 1.54) is 18.2 Å². The fourth-order valence-electron chi connectivity index (χ4n) is 3.71. The van der Waals surface area contributed by atoms with E-state index in [9.17, 15) is 14.0 Å². The lowest BCUT2D eigenvalue weighted by Crippen LogP contribution is -2.19. The minimum Gasteiger partial charge on any atom is -0.462 e. The lowest BCUT2D eigenvalue weighted by atomic mass is 9.89. The molecule has 1 aromatic carbocycles. The molecule has 2 aromatic rings. The monoisotopic (exact) mass is 431 g/mol. The highest BCUT2D eigenvalue weighted by Crippen LogP contribution is 2.49. The molecule has 4 rings (SSSR count). The Hall–Kier alpha value is -2.47. The van der Waals surface area contributed by atoms with E-state index in [-0.39, 0.29) is 41.2 Å². The summed E-state index contributed by atoms with van der Waals surface area (Å²) < 4.78 is 24.4. The van der Waals surface area contributed by atoms with E-state index >= 15 is 0 Å². The molecule has 2 fully saturated rings. The molecule has 1 aromatic heterocycles. The number of esters is 2. The summed E-state index contributed by atoms with van der Waals surface area (Å²) in [5.74, 6) is -1.35. The molecule has 5 nitrogen and oxygen atoms in total. The van der Waals surface area contributed by atoms with Crippen LogP contribution in [0.4, 0.5) is 4.39 Å². The Balaban J connectivity index is 2.08. The fraction of sp³-hybridized carbons (Fsp3) is 0.435. The third kappa shape index (κ3) is 3.93. The van der Waals surface area contributed by atoms with Gasteiger partial charge < -0.3 is 9.47 Å². The molecule has 7 heteroatoms. The lowest BCUT2D eigenvalue weighted by molar-refractivity contribution is 0.0524. The number of benzene rings is 1. The predicted molar refractivity (Wildman–Crippen MR) is 111 cm³/mol. The minimum absolute atomic E-state index is 0.112. The molecule has 0 radical (unpaired) electrons. The van der Waals surface area contributed by atoms with Crippen molar-refractivity contribution in [2.45, 2.75) is 51.4 Å². The van der Waals surface area contributed by atoms with Gasteiger partial charge in [0.05, 0.1) is 40.8 Å². The Labute approximate surface area is 179 Å². The number of hydrogen-bond acceptors (Lipinski definition) is 5. The van der Waals surface area contributed by atoms with Gasteiger partial charge in [-0.05, 0) is 57.7 Å². The zero-order valence-corrected chi connectivity index (χ0v) is 17.7. The predicted octanol–water partition coefficient (Wildman–Crippen LogP) is 5.65. The highest BCUT2D eigenvalue weighted by molar-refractivity contribution is 6.34. The maximum Gasteiger partial charge on any atom is 0.340 e. The quantitative estimate of drug-likeness (QED) is 0.530. The first-order valence-corrected chi connectivity index (χ1v) is 10.7. The summed E-state index contributed by atoms with van der Waals surface area (Å²) in [4.78, 5) is 31.0. The molecular formula is C23H23ClFNO4. The van der Waals surface area contributed by atoms with Gasteiger partial charge in [-0.15, -0.1) is 0 Å². The van der Waals surface area contributed by atoms with Gasteiger partial charge in [0.15, 0.2) is 0 Å². The first-order chi connectivity index (χ1) is 14.5. The number of nitrogens with zero attached hydrogens (tertiary/aromatic N) is 1. The van der Waals surface area contributed by atoms with Crippen LogP contribution in [0, 0.1) is 5.82 Å². The van der Waals surface area contributed by atoms with Crippen LogP contribution in [-0.4, -0.2) is 30.1 Å². The molecule has 0 amide bonds. The van der Waals surface area contributed by atoms with Gasteiger partial charge in [0.1, 0.15) is 5.82 Å². The maximum absolute atomic E-state index is 13.8. The van der Waals surface area contributed by atoms with Gasteiger partial charge in [0, 0.05) is 23.0 Å². The Kier molecular flexibility index (Phi) is 5.78. The lowest BCUT2D eigenvalue weighted by Gasteiger charge is -2.21. The summed E-state index contributed by atoms with van der Waals surface area (Å²) in [6.07, 6.45) is 3.66. The second-order valence-corrected chi connectivity index (χ2v) is 8.03. The number of halogens is 2. The Morgan fingerprint density at radius 3 is 1.90 bits per heavy atom. The van der Waals surface area contributed by atoms with Crippen LogP contribution in [0.2, 0.25) is 5.02 Å². The number of carbonyl (C=O) groups is 2. The van der Waals surface area contributed by atoms with E-state index in [2.05, 4.69) is 0 Å². The number of hydrogen-bond donors (Lipinski definition) is 0. The molecule has 0 spiro atoms. The zero-order valence-electron chi connectivity index (χ0n) is 17.0. The van der Waals surface area contributed by atoms with Crippen molar-refractivity contribution in [1.82, 2.24) is 4.98 Å². The zero-order chi connectivity index (χ0) is 21.4. The van der Waals surface area contributed by atoms with Crippen molar-refractivity contribution in [2.75, 3.05) is 13.2 Å². The number of pyridine rings is 1. The van der Waals surface area contributed by atoms with Crippen LogP contribution in [0.15, 0.2) is 18.2 Å². The summed E-state index contributed by atoms with van der Waals surface area (Å²) >= 11 is 6.40. The van der Waals surface area contributed by atoms with Gasteiger partial charge in [-0.3, -0.25) is 4.98 Å². The van der Waals surface area contributed by atoms with Gasteiger partial charge in [0.2, 0.25) is 0 Å². The van der Waals surface area contributed by atoms with Gasteiger partial charge in [-0.1, -0.05) is 11.6 Å². The summed E-state index contributed by atoms with van der Waals surface area (Å²) in [6, 6.07) is 3.93. The summed E-state index contributed by atoms with van der Waals surface area (Å²) in [5, 5.41) is 0.112. The van der Waals surface area contributed by atoms with Crippen molar-refractivity contribution in [3.63, 3.8) is 0 Å². The molecule has 0 N–H and O–H groups in total. The molecule has 30 heavy (non-hydrogen) atoms. The van der Waals surface area contributed by atoms with Gasteiger partial charge >= 0.3 is 11.9 Å². The first kappa shape index (κ1) is 20.8. The molecule has 0 bridgehead atoms. The highest BCUT2D eigenvalue weighted by atomic mass is 35.5. The standard InChI is InChI=1S/C23H23ClFNO4/c1-3-29-22(27)18-17(15-10-9-14(25)11-16(15)24)19(23(28)30-4-2)21(13-7-8-13)26-20(18)12-5-6-12/h9-13H,3-8H2,1-2H3. The molecule has 0 aliphatic heterocycles. The van der Waals surface area contributed by atoms with E-state index in [0.29, 0.717) is 22.5 Å². The molecule has 0 atom stereocenters. The molecule has 0 unspecified atom stereocenters. The fourth-order valence-corrected chi connectivity index (χ4v) is 3.97. The second-order valence-electron chi connectivity index (χ2n) is 7.62. The van der Waals surface area contributed by atoms with Gasteiger partial charge in [-0.25, -0.2) is 14.0 Å². The van der Waals surface area contributed by atoms with Crippen LogP contribution in [0.25, 0.3) is 11.1 Å². The summed E-state index contributed by atoms with van der Waals surface area (Å²) in [5.41, 5.74) is 2.49. The average Bonchev–Trinajstić information content (AvgIpc) is 3.60. The normalized spacial score (nSPS) is 15.7. The van der Waals surface area contributed by atoms with Crippen LogP contribution in [0.1, 0.15) is 83.5 Å². The van der Waals surface area contributed by atoms with Crippen molar-refractivity contribution in [2.24, 2.45) is 0 Å². The van der Waals surface area contributed by atoms with E-state index in [1.54, 1.807) is 13.8 Å². The van der Waals surface area contributed by atoms with Crippen LogP contribution in [0.5, 0.6) is 0 Å². The largest absolute Gasteiger partial charge is 0.462 e. The third-order valence-corrected chi connectivity index (χ3v) is 5.65. The molecule has 1 heterocycles. The van der Waals surface area contributed by atoms with Crippen molar-refractivity contribution in [1.29, 1.82) is 0 Å².